The molecule has 0 saturated carbocycles. The van der Waals surface area contributed by atoms with E-state index in [4.69, 9.17) is 9.47 Å². The molecule has 0 spiro atoms. The normalized spacial score (nSPS) is 17.2. The lowest BCUT2D eigenvalue weighted by Gasteiger charge is -2.32. The average Bonchev–Trinajstić information content (AvgIpc) is 2.72. The molecule has 2 aliphatic heterocycles. The minimum Gasteiger partial charge on any atom is -0.493 e. The molecule has 2 aromatic carbocycles. The lowest BCUT2D eigenvalue weighted by Crippen LogP contribution is -2.39. The van der Waals surface area contributed by atoms with Crippen LogP contribution in [-0.2, 0) is 11.2 Å². The highest BCUT2D eigenvalue weighted by Gasteiger charge is 2.25. The van der Waals surface area contributed by atoms with E-state index < -0.39 is 0 Å². The van der Waals surface area contributed by atoms with Gasteiger partial charge in [-0.15, -0.1) is 0 Å². The zero-order valence-corrected chi connectivity index (χ0v) is 15.2. The summed E-state index contributed by atoms with van der Waals surface area (Å²) in [5, 5.41) is 0. The van der Waals surface area contributed by atoms with Gasteiger partial charge in [0.1, 0.15) is 18.1 Å². The maximum absolute atomic E-state index is 12.8. The van der Waals surface area contributed by atoms with E-state index in [9.17, 15) is 9.59 Å². The molecule has 4 rings (SSSR count). The molecule has 0 unspecified atom stereocenters. The van der Waals surface area contributed by atoms with Crippen LogP contribution in [0.3, 0.4) is 0 Å². The summed E-state index contributed by atoms with van der Waals surface area (Å²) < 4.78 is 11.3. The van der Waals surface area contributed by atoms with Crippen molar-refractivity contribution >= 4 is 11.7 Å². The molecule has 1 amide bonds. The van der Waals surface area contributed by atoms with Crippen molar-refractivity contribution < 1.29 is 19.1 Å². The van der Waals surface area contributed by atoms with Crippen molar-refractivity contribution in [3.8, 4) is 11.5 Å². The van der Waals surface area contributed by atoms with Crippen LogP contribution in [0.5, 0.6) is 11.5 Å². The molecule has 0 aliphatic carbocycles. The zero-order chi connectivity index (χ0) is 18.6. The Morgan fingerprint density at radius 3 is 2.67 bits per heavy atom. The quantitative estimate of drug-likeness (QED) is 0.835. The zero-order valence-electron chi connectivity index (χ0n) is 15.2. The van der Waals surface area contributed by atoms with Gasteiger partial charge in [-0.05, 0) is 49.1 Å². The maximum Gasteiger partial charge on any atom is 0.253 e. The number of rotatable bonds is 4. The van der Waals surface area contributed by atoms with Gasteiger partial charge in [-0.3, -0.25) is 9.59 Å². The highest BCUT2D eigenvalue weighted by Crippen LogP contribution is 2.26. The largest absolute Gasteiger partial charge is 0.493 e. The Labute approximate surface area is 158 Å². The summed E-state index contributed by atoms with van der Waals surface area (Å²) in [5.74, 6) is 2.14. The number of para-hydroxylation sites is 1. The summed E-state index contributed by atoms with van der Waals surface area (Å²) in [6.45, 7) is 2.27. The predicted molar refractivity (Wildman–Crippen MR) is 101 cm³/mol. The van der Waals surface area contributed by atoms with E-state index in [1.165, 1.54) is 0 Å². The van der Waals surface area contributed by atoms with Crippen LogP contribution < -0.4 is 9.47 Å². The highest BCUT2D eigenvalue weighted by atomic mass is 16.5. The number of ketones is 1. The molecule has 140 valence electrons. The van der Waals surface area contributed by atoms with E-state index in [-0.39, 0.29) is 18.3 Å². The average molecular weight is 365 g/mol. The smallest absolute Gasteiger partial charge is 0.253 e. The van der Waals surface area contributed by atoms with Crippen LogP contribution in [0.4, 0.5) is 0 Å². The Morgan fingerprint density at radius 1 is 1.11 bits per heavy atom. The van der Waals surface area contributed by atoms with Crippen LogP contribution in [0.15, 0.2) is 48.5 Å². The molecule has 5 nitrogen and oxygen atoms in total. The molecule has 27 heavy (non-hydrogen) atoms. The van der Waals surface area contributed by atoms with Gasteiger partial charge in [0.05, 0.1) is 6.61 Å². The fourth-order valence-corrected chi connectivity index (χ4v) is 3.63. The number of hydrogen-bond donors (Lipinski definition) is 0. The van der Waals surface area contributed by atoms with Crippen molar-refractivity contribution in [2.45, 2.75) is 19.3 Å². The van der Waals surface area contributed by atoms with E-state index in [0.29, 0.717) is 30.3 Å². The molecular weight excluding hydrogens is 342 g/mol. The third kappa shape index (κ3) is 4.13. The molecule has 0 radical (unpaired) electrons. The van der Waals surface area contributed by atoms with Crippen molar-refractivity contribution in [1.82, 2.24) is 4.90 Å². The molecule has 0 aromatic heterocycles. The molecule has 2 aliphatic rings. The van der Waals surface area contributed by atoms with E-state index in [0.717, 1.165) is 37.2 Å². The number of nitrogens with zero attached hydrogens (tertiary/aromatic N) is 1. The molecule has 0 atom stereocenters. The highest BCUT2D eigenvalue weighted by molar-refractivity contribution is 5.95. The molecule has 0 N–H and O–H groups in total. The molecule has 5 heteroatoms. The number of likely N-dealkylation sites (tertiary alicyclic amines) is 1. The molecule has 1 saturated heterocycles. The van der Waals surface area contributed by atoms with E-state index in [2.05, 4.69) is 0 Å². The molecule has 2 heterocycles. The summed E-state index contributed by atoms with van der Waals surface area (Å²) in [5.41, 5.74) is 1.44. The van der Waals surface area contributed by atoms with Crippen molar-refractivity contribution in [3.63, 3.8) is 0 Å². The van der Waals surface area contributed by atoms with Crippen molar-refractivity contribution in [2.75, 3.05) is 26.3 Å². The summed E-state index contributed by atoms with van der Waals surface area (Å²) in [7, 11) is 0. The number of amides is 1. The summed E-state index contributed by atoms with van der Waals surface area (Å²) >= 11 is 0. The number of fused-ring (bicyclic) bond motifs is 1. The Kier molecular flexibility index (Phi) is 5.10. The SMILES string of the molecule is O=C1COc2ccc(C(=O)N3CCC(COc4ccccc4)CC3)cc2C1. The Hall–Kier alpha value is -2.82. The van der Waals surface area contributed by atoms with Crippen LogP contribution >= 0.6 is 0 Å². The van der Waals surface area contributed by atoms with Crippen LogP contribution in [0.2, 0.25) is 0 Å². The number of piperidine rings is 1. The summed E-state index contributed by atoms with van der Waals surface area (Å²) in [4.78, 5) is 26.3. The van der Waals surface area contributed by atoms with Crippen LogP contribution in [-0.4, -0.2) is 42.9 Å². The summed E-state index contributed by atoms with van der Waals surface area (Å²) in [6.07, 6.45) is 2.21. The van der Waals surface area contributed by atoms with Crippen molar-refractivity contribution in [1.29, 1.82) is 0 Å². The second-order valence-corrected chi connectivity index (χ2v) is 7.19. The fourth-order valence-electron chi connectivity index (χ4n) is 3.63. The van der Waals surface area contributed by atoms with Crippen LogP contribution in [0.1, 0.15) is 28.8 Å². The molecule has 2 aromatic rings. The Balaban J connectivity index is 1.32. The molecule has 1 fully saturated rings. The first kappa shape index (κ1) is 17.6. The van der Waals surface area contributed by atoms with E-state index in [1.807, 2.05) is 35.2 Å². The van der Waals surface area contributed by atoms with Gasteiger partial charge in [0.25, 0.3) is 5.91 Å². The van der Waals surface area contributed by atoms with Gasteiger partial charge in [0.15, 0.2) is 5.78 Å². The molecule has 0 bridgehead atoms. The standard InChI is InChI=1S/C22H23NO4/c24-19-13-18-12-17(6-7-21(18)27-15-19)22(25)23-10-8-16(9-11-23)14-26-20-4-2-1-3-5-20/h1-7,12,16H,8-11,13-15H2. The Morgan fingerprint density at radius 2 is 1.89 bits per heavy atom. The number of ether oxygens (including phenoxy) is 2. The van der Waals surface area contributed by atoms with Gasteiger partial charge in [-0.1, -0.05) is 18.2 Å². The van der Waals surface area contributed by atoms with Gasteiger partial charge in [0, 0.05) is 30.6 Å². The first-order chi connectivity index (χ1) is 13.2. The number of benzene rings is 2. The minimum absolute atomic E-state index is 0.0262. The van der Waals surface area contributed by atoms with Gasteiger partial charge >= 0.3 is 0 Å². The van der Waals surface area contributed by atoms with Gasteiger partial charge < -0.3 is 14.4 Å². The Bertz CT molecular complexity index is 825. The number of carbonyl (C=O) groups excluding carboxylic acids is 2. The third-order valence-electron chi connectivity index (χ3n) is 5.21. The van der Waals surface area contributed by atoms with Gasteiger partial charge in [0.2, 0.25) is 0 Å². The monoisotopic (exact) mass is 365 g/mol. The van der Waals surface area contributed by atoms with E-state index in [1.54, 1.807) is 18.2 Å². The first-order valence-corrected chi connectivity index (χ1v) is 9.43. The second kappa shape index (κ2) is 7.82. The lowest BCUT2D eigenvalue weighted by molar-refractivity contribution is -0.121. The topological polar surface area (TPSA) is 55.8 Å². The third-order valence-corrected chi connectivity index (χ3v) is 5.21. The minimum atomic E-state index is 0.0262. The maximum atomic E-state index is 12.8. The van der Waals surface area contributed by atoms with E-state index >= 15 is 0 Å². The fraction of sp³-hybridized carbons (Fsp3) is 0.364. The summed E-state index contributed by atoms with van der Waals surface area (Å²) in [6, 6.07) is 15.2. The van der Waals surface area contributed by atoms with Crippen molar-refractivity contribution in [2.24, 2.45) is 5.92 Å². The van der Waals surface area contributed by atoms with Gasteiger partial charge in [-0.2, -0.15) is 0 Å². The predicted octanol–water partition coefficient (Wildman–Crippen LogP) is 3.12. The van der Waals surface area contributed by atoms with Crippen molar-refractivity contribution in [3.05, 3.63) is 59.7 Å². The number of carbonyl (C=O) groups is 2. The lowest BCUT2D eigenvalue weighted by atomic mass is 9.96. The first-order valence-electron chi connectivity index (χ1n) is 9.43. The van der Waals surface area contributed by atoms with Crippen LogP contribution in [0, 0.1) is 5.92 Å². The molecular formula is C22H23NO4. The number of hydrogen-bond acceptors (Lipinski definition) is 4. The number of Topliss-reactive ketones (excluding diaryl/α,β-unsaturated/α-hetero) is 1. The second-order valence-electron chi connectivity index (χ2n) is 7.19. The van der Waals surface area contributed by atoms with Crippen LogP contribution in [0.25, 0.3) is 0 Å². The van der Waals surface area contributed by atoms with Gasteiger partial charge in [-0.25, -0.2) is 0 Å².